The highest BCUT2D eigenvalue weighted by Gasteiger charge is 2.32. The summed E-state index contributed by atoms with van der Waals surface area (Å²) >= 11 is 0. The highest BCUT2D eigenvalue weighted by Crippen LogP contribution is 2.21. The molecule has 0 spiro atoms. The van der Waals surface area contributed by atoms with Gasteiger partial charge in [-0.25, -0.2) is 4.79 Å². The summed E-state index contributed by atoms with van der Waals surface area (Å²) in [6, 6.07) is 0. The fraction of sp³-hybridized carbons (Fsp3) is 0.929. The first-order valence-electron chi connectivity index (χ1n) is 7.52. The second-order valence-electron chi connectivity index (χ2n) is 6.11. The van der Waals surface area contributed by atoms with Gasteiger partial charge in [-0.1, -0.05) is 0 Å². The Morgan fingerprint density at radius 3 is 2.40 bits per heavy atom. The number of aliphatic carboxylic acids is 1. The SMILES string of the molecule is CN(C)CCN1CCN(CC2CCC(C(=O)O)O2)CC1. The van der Waals surface area contributed by atoms with E-state index in [2.05, 4.69) is 28.8 Å². The van der Waals surface area contributed by atoms with Crippen molar-refractivity contribution in [2.45, 2.75) is 25.0 Å². The standard InChI is InChI=1S/C14H27N3O3/c1-15(2)5-6-16-7-9-17(10-8-16)11-12-3-4-13(20-12)14(18)19/h12-13H,3-11H2,1-2H3,(H,18,19). The predicted molar refractivity (Wildman–Crippen MR) is 77.0 cm³/mol. The Morgan fingerprint density at radius 1 is 1.20 bits per heavy atom. The molecule has 2 fully saturated rings. The van der Waals surface area contributed by atoms with Gasteiger partial charge in [0, 0.05) is 45.8 Å². The topological polar surface area (TPSA) is 56.2 Å². The summed E-state index contributed by atoms with van der Waals surface area (Å²) < 4.78 is 5.57. The summed E-state index contributed by atoms with van der Waals surface area (Å²) in [5.74, 6) is -0.819. The third-order valence-electron chi connectivity index (χ3n) is 4.17. The molecular formula is C14H27N3O3. The number of rotatable bonds is 6. The summed E-state index contributed by atoms with van der Waals surface area (Å²) in [7, 11) is 4.21. The van der Waals surface area contributed by atoms with Gasteiger partial charge in [0.15, 0.2) is 6.10 Å². The third kappa shape index (κ3) is 4.70. The fourth-order valence-electron chi connectivity index (χ4n) is 2.85. The average Bonchev–Trinajstić information content (AvgIpc) is 2.86. The van der Waals surface area contributed by atoms with Gasteiger partial charge < -0.3 is 14.7 Å². The van der Waals surface area contributed by atoms with Crippen molar-refractivity contribution < 1.29 is 14.6 Å². The van der Waals surface area contributed by atoms with Crippen LogP contribution in [0.25, 0.3) is 0 Å². The molecule has 6 nitrogen and oxygen atoms in total. The molecule has 20 heavy (non-hydrogen) atoms. The van der Waals surface area contributed by atoms with Crippen LogP contribution in [-0.4, -0.2) is 97.9 Å². The zero-order chi connectivity index (χ0) is 14.5. The largest absolute Gasteiger partial charge is 0.479 e. The van der Waals surface area contributed by atoms with Gasteiger partial charge in [-0.05, 0) is 26.9 Å². The molecule has 2 atom stereocenters. The van der Waals surface area contributed by atoms with Crippen molar-refractivity contribution in [2.75, 3.05) is 59.9 Å². The van der Waals surface area contributed by atoms with E-state index in [0.29, 0.717) is 6.42 Å². The van der Waals surface area contributed by atoms with Crippen LogP contribution in [0.4, 0.5) is 0 Å². The Balaban J connectivity index is 1.64. The molecule has 0 amide bonds. The monoisotopic (exact) mass is 285 g/mol. The van der Waals surface area contributed by atoms with Gasteiger partial charge >= 0.3 is 5.97 Å². The lowest BCUT2D eigenvalue weighted by Gasteiger charge is -2.36. The lowest BCUT2D eigenvalue weighted by atomic mass is 10.2. The lowest BCUT2D eigenvalue weighted by Crippen LogP contribution is -2.49. The molecule has 6 heteroatoms. The summed E-state index contributed by atoms with van der Waals surface area (Å²) in [5, 5.41) is 8.93. The van der Waals surface area contributed by atoms with Crippen molar-refractivity contribution in [3.05, 3.63) is 0 Å². The molecule has 2 aliphatic heterocycles. The summed E-state index contributed by atoms with van der Waals surface area (Å²) in [6.45, 7) is 7.43. The minimum atomic E-state index is -0.819. The van der Waals surface area contributed by atoms with E-state index in [-0.39, 0.29) is 6.10 Å². The Hall–Kier alpha value is -0.690. The van der Waals surface area contributed by atoms with Crippen molar-refractivity contribution in [1.82, 2.24) is 14.7 Å². The van der Waals surface area contributed by atoms with E-state index in [1.54, 1.807) is 0 Å². The molecule has 0 aromatic rings. The molecule has 1 N–H and O–H groups in total. The number of piperazine rings is 1. The van der Waals surface area contributed by atoms with Crippen molar-refractivity contribution in [2.24, 2.45) is 0 Å². The zero-order valence-electron chi connectivity index (χ0n) is 12.6. The first kappa shape index (κ1) is 15.7. The molecule has 2 heterocycles. The van der Waals surface area contributed by atoms with Crippen LogP contribution in [0, 0.1) is 0 Å². The molecule has 0 bridgehead atoms. The number of nitrogens with zero attached hydrogens (tertiary/aromatic N) is 3. The Labute approximate surface area is 121 Å². The van der Waals surface area contributed by atoms with Gasteiger partial charge in [0.05, 0.1) is 6.10 Å². The van der Waals surface area contributed by atoms with Gasteiger partial charge in [0.1, 0.15) is 0 Å². The molecule has 2 saturated heterocycles. The predicted octanol–water partition coefficient (Wildman–Crippen LogP) is -0.202. The fourth-order valence-corrected chi connectivity index (χ4v) is 2.85. The van der Waals surface area contributed by atoms with E-state index >= 15 is 0 Å². The molecule has 2 aliphatic rings. The van der Waals surface area contributed by atoms with Crippen LogP contribution in [-0.2, 0) is 9.53 Å². The van der Waals surface area contributed by atoms with Crippen LogP contribution in [0.15, 0.2) is 0 Å². The maximum Gasteiger partial charge on any atom is 0.332 e. The summed E-state index contributed by atoms with van der Waals surface area (Å²) in [5.41, 5.74) is 0. The third-order valence-corrected chi connectivity index (χ3v) is 4.17. The summed E-state index contributed by atoms with van der Waals surface area (Å²) in [6.07, 6.45) is 1.05. The van der Waals surface area contributed by atoms with Crippen LogP contribution in [0.5, 0.6) is 0 Å². The van der Waals surface area contributed by atoms with Gasteiger partial charge in [-0.3, -0.25) is 9.80 Å². The second-order valence-corrected chi connectivity index (χ2v) is 6.11. The van der Waals surface area contributed by atoms with Crippen molar-refractivity contribution in [1.29, 1.82) is 0 Å². The molecule has 116 valence electrons. The van der Waals surface area contributed by atoms with Gasteiger partial charge in [0.25, 0.3) is 0 Å². The van der Waals surface area contributed by atoms with E-state index in [9.17, 15) is 4.79 Å². The number of carboxylic acid groups (broad SMARTS) is 1. The van der Waals surface area contributed by atoms with Crippen LogP contribution in [0.3, 0.4) is 0 Å². The maximum atomic E-state index is 10.9. The smallest absolute Gasteiger partial charge is 0.332 e. The van der Waals surface area contributed by atoms with Crippen LogP contribution in [0.2, 0.25) is 0 Å². The second kappa shape index (κ2) is 7.36. The molecule has 0 aromatic heterocycles. The zero-order valence-corrected chi connectivity index (χ0v) is 12.6. The maximum absolute atomic E-state index is 10.9. The molecular weight excluding hydrogens is 258 g/mol. The number of likely N-dealkylation sites (N-methyl/N-ethyl adjacent to an activating group) is 1. The van der Waals surface area contributed by atoms with E-state index < -0.39 is 12.1 Å². The minimum Gasteiger partial charge on any atom is -0.479 e. The Morgan fingerprint density at radius 2 is 1.85 bits per heavy atom. The van der Waals surface area contributed by atoms with E-state index in [1.165, 1.54) is 0 Å². The van der Waals surface area contributed by atoms with Crippen LogP contribution >= 0.6 is 0 Å². The molecule has 2 rings (SSSR count). The van der Waals surface area contributed by atoms with E-state index in [0.717, 1.165) is 52.2 Å². The minimum absolute atomic E-state index is 0.101. The van der Waals surface area contributed by atoms with Crippen molar-refractivity contribution in [3.63, 3.8) is 0 Å². The highest BCUT2D eigenvalue weighted by atomic mass is 16.5. The van der Waals surface area contributed by atoms with Gasteiger partial charge in [-0.2, -0.15) is 0 Å². The molecule has 0 aromatic carbocycles. The quantitative estimate of drug-likeness (QED) is 0.729. The van der Waals surface area contributed by atoms with E-state index in [4.69, 9.17) is 9.84 Å². The number of carbonyl (C=O) groups is 1. The van der Waals surface area contributed by atoms with Gasteiger partial charge in [0.2, 0.25) is 0 Å². The number of ether oxygens (including phenoxy) is 1. The van der Waals surface area contributed by atoms with Gasteiger partial charge in [-0.15, -0.1) is 0 Å². The molecule has 2 unspecified atom stereocenters. The Bertz CT molecular complexity index is 317. The molecule has 0 radical (unpaired) electrons. The first-order valence-corrected chi connectivity index (χ1v) is 7.52. The average molecular weight is 285 g/mol. The normalized spacial score (nSPS) is 29.1. The van der Waals surface area contributed by atoms with E-state index in [1.807, 2.05) is 0 Å². The number of carboxylic acids is 1. The highest BCUT2D eigenvalue weighted by molar-refractivity contribution is 5.72. The Kier molecular flexibility index (Phi) is 5.77. The number of hydrogen-bond acceptors (Lipinski definition) is 5. The van der Waals surface area contributed by atoms with Crippen LogP contribution < -0.4 is 0 Å². The van der Waals surface area contributed by atoms with Crippen molar-refractivity contribution >= 4 is 5.97 Å². The van der Waals surface area contributed by atoms with Crippen LogP contribution in [0.1, 0.15) is 12.8 Å². The number of hydrogen-bond donors (Lipinski definition) is 1. The lowest BCUT2D eigenvalue weighted by molar-refractivity contribution is -0.149. The van der Waals surface area contributed by atoms with Crippen molar-refractivity contribution in [3.8, 4) is 0 Å². The first-order chi connectivity index (χ1) is 9.54. The molecule has 0 aliphatic carbocycles. The molecule has 0 saturated carbocycles. The summed E-state index contributed by atoms with van der Waals surface area (Å²) in [4.78, 5) is 18.0.